The van der Waals surface area contributed by atoms with E-state index in [1.165, 1.54) is 0 Å². The second-order valence-electron chi connectivity index (χ2n) is 6.27. The van der Waals surface area contributed by atoms with Crippen LogP contribution in [0.2, 0.25) is 0 Å². The van der Waals surface area contributed by atoms with Crippen molar-refractivity contribution in [2.75, 3.05) is 34.9 Å². The zero-order chi connectivity index (χ0) is 20.5. The van der Waals surface area contributed by atoms with Crippen LogP contribution in [0.25, 0.3) is 0 Å². The fourth-order valence-electron chi connectivity index (χ4n) is 2.62. The summed E-state index contributed by atoms with van der Waals surface area (Å²) in [5.41, 5.74) is 2.05. The quantitative estimate of drug-likeness (QED) is 0.508. The number of aromatic nitrogens is 1. The van der Waals surface area contributed by atoms with E-state index in [1.807, 2.05) is 32.2 Å². The number of thiazole rings is 1. The van der Waals surface area contributed by atoms with Crippen molar-refractivity contribution in [1.82, 2.24) is 15.2 Å². The van der Waals surface area contributed by atoms with Crippen molar-refractivity contribution in [3.63, 3.8) is 0 Å². The Morgan fingerprint density at radius 2 is 2.00 bits per heavy atom. The molecule has 0 saturated carbocycles. The lowest BCUT2D eigenvalue weighted by Gasteiger charge is -2.21. The molecule has 1 unspecified atom stereocenters. The van der Waals surface area contributed by atoms with Gasteiger partial charge in [0.05, 0.1) is 33.0 Å². The van der Waals surface area contributed by atoms with Crippen molar-refractivity contribution in [3.8, 4) is 11.5 Å². The highest BCUT2D eigenvalue weighted by Crippen LogP contribution is 2.27. The number of rotatable bonds is 9. The van der Waals surface area contributed by atoms with Gasteiger partial charge in [0.1, 0.15) is 11.1 Å². The molecule has 2 rings (SSSR count). The molecule has 0 saturated heterocycles. The van der Waals surface area contributed by atoms with Crippen LogP contribution >= 0.6 is 11.3 Å². The van der Waals surface area contributed by atoms with Gasteiger partial charge in [0, 0.05) is 26.1 Å². The third kappa shape index (κ3) is 5.84. The number of hydrogen-bond acceptors (Lipinski definition) is 6. The molecule has 1 aromatic carbocycles. The van der Waals surface area contributed by atoms with Crippen molar-refractivity contribution in [1.29, 1.82) is 0 Å². The molecule has 0 aliphatic carbocycles. The molecule has 0 bridgehead atoms. The monoisotopic (exact) mass is 406 g/mol. The molecule has 0 aliphatic rings. The van der Waals surface area contributed by atoms with Gasteiger partial charge in [-0.25, -0.2) is 9.98 Å². The first-order chi connectivity index (χ1) is 13.5. The Hall–Kier alpha value is -2.32. The summed E-state index contributed by atoms with van der Waals surface area (Å²) in [6.45, 7) is 6.06. The van der Waals surface area contributed by atoms with E-state index in [0.717, 1.165) is 28.8 Å². The maximum absolute atomic E-state index is 5.37. The number of hydrogen-bond donors (Lipinski definition) is 1. The molecule has 0 amide bonds. The molecule has 0 spiro atoms. The van der Waals surface area contributed by atoms with Crippen LogP contribution in [-0.2, 0) is 17.8 Å². The molecule has 1 atom stereocenters. The lowest BCUT2D eigenvalue weighted by atomic mass is 10.2. The highest BCUT2D eigenvalue weighted by Gasteiger charge is 2.13. The number of ether oxygens (including phenoxy) is 3. The molecule has 28 heavy (non-hydrogen) atoms. The third-order valence-electron chi connectivity index (χ3n) is 4.23. The van der Waals surface area contributed by atoms with Gasteiger partial charge in [-0.15, -0.1) is 11.3 Å². The van der Waals surface area contributed by atoms with Crippen molar-refractivity contribution >= 4 is 17.3 Å². The Labute approximate surface area is 171 Å². The summed E-state index contributed by atoms with van der Waals surface area (Å²) in [5, 5.41) is 6.39. The third-order valence-corrected chi connectivity index (χ3v) is 5.28. The average Bonchev–Trinajstić information content (AvgIpc) is 3.18. The Kier molecular flexibility index (Phi) is 8.53. The number of benzene rings is 1. The topological polar surface area (TPSA) is 68.2 Å². The number of aliphatic imine (C=N–C) groups is 1. The van der Waals surface area contributed by atoms with E-state index in [-0.39, 0.29) is 6.10 Å². The molecule has 154 valence electrons. The van der Waals surface area contributed by atoms with E-state index < -0.39 is 0 Å². The molecule has 0 radical (unpaired) electrons. The van der Waals surface area contributed by atoms with Crippen LogP contribution in [0.4, 0.5) is 0 Å². The maximum atomic E-state index is 5.37. The summed E-state index contributed by atoms with van der Waals surface area (Å²) in [6.07, 6.45) is 0.0102. The Morgan fingerprint density at radius 3 is 2.64 bits per heavy atom. The van der Waals surface area contributed by atoms with Gasteiger partial charge in [-0.2, -0.15) is 0 Å². The summed E-state index contributed by atoms with van der Waals surface area (Å²) in [6, 6.07) is 5.84. The summed E-state index contributed by atoms with van der Waals surface area (Å²) >= 11 is 1.62. The van der Waals surface area contributed by atoms with Gasteiger partial charge >= 0.3 is 0 Å². The van der Waals surface area contributed by atoms with Crippen molar-refractivity contribution in [2.45, 2.75) is 33.0 Å². The molecule has 1 N–H and O–H groups in total. The first-order valence-electron chi connectivity index (χ1n) is 9.19. The highest BCUT2D eigenvalue weighted by atomic mass is 32.1. The van der Waals surface area contributed by atoms with Gasteiger partial charge in [-0.1, -0.05) is 6.07 Å². The van der Waals surface area contributed by atoms with Crippen LogP contribution in [0.5, 0.6) is 11.5 Å². The van der Waals surface area contributed by atoms with Gasteiger partial charge in [-0.05, 0) is 31.5 Å². The van der Waals surface area contributed by atoms with Crippen LogP contribution in [0.3, 0.4) is 0 Å². The summed E-state index contributed by atoms with van der Waals surface area (Å²) in [7, 11) is 6.97. The van der Waals surface area contributed by atoms with Gasteiger partial charge in [0.25, 0.3) is 0 Å². The van der Waals surface area contributed by atoms with E-state index in [1.54, 1.807) is 32.7 Å². The molecule has 7 nitrogen and oxygen atoms in total. The fourth-order valence-corrected chi connectivity index (χ4v) is 3.46. The smallest absolute Gasteiger partial charge is 0.194 e. The summed E-state index contributed by atoms with van der Waals surface area (Å²) < 4.78 is 16.0. The Balaban J connectivity index is 2.09. The molecular weight excluding hydrogens is 376 g/mol. The van der Waals surface area contributed by atoms with Gasteiger partial charge in [0.2, 0.25) is 0 Å². The average molecular weight is 407 g/mol. The number of guanidine groups is 1. The van der Waals surface area contributed by atoms with Gasteiger partial charge < -0.3 is 24.4 Å². The SMILES string of the molecule is CCNC(=NCc1ccc(OC)c(OC)c1)N(C)Cc1csc(C(C)OC)n1. The van der Waals surface area contributed by atoms with E-state index >= 15 is 0 Å². The first-order valence-corrected chi connectivity index (χ1v) is 10.1. The minimum absolute atomic E-state index is 0.0102. The van der Waals surface area contributed by atoms with Crippen molar-refractivity contribution in [3.05, 3.63) is 39.8 Å². The summed E-state index contributed by atoms with van der Waals surface area (Å²) in [4.78, 5) is 11.5. The fraction of sp³-hybridized carbons (Fsp3) is 0.500. The standard InChI is InChI=1S/C20H30N4O3S/c1-7-21-20(22-11-15-8-9-17(26-5)18(10-15)27-6)24(3)12-16-13-28-19(23-16)14(2)25-4/h8-10,13-14H,7,11-12H2,1-6H3,(H,21,22). The zero-order valence-corrected chi connectivity index (χ0v) is 18.3. The maximum Gasteiger partial charge on any atom is 0.194 e. The molecule has 0 aliphatic heterocycles. The van der Waals surface area contributed by atoms with Crippen LogP contribution in [0, 0.1) is 0 Å². The molecule has 1 aromatic heterocycles. The highest BCUT2D eigenvalue weighted by molar-refractivity contribution is 7.09. The van der Waals surface area contributed by atoms with Crippen molar-refractivity contribution in [2.24, 2.45) is 4.99 Å². The van der Waals surface area contributed by atoms with Gasteiger partial charge in [0.15, 0.2) is 17.5 Å². The Morgan fingerprint density at radius 1 is 1.25 bits per heavy atom. The molecule has 1 heterocycles. The molecular formula is C20H30N4O3S. The van der Waals surface area contributed by atoms with E-state index in [0.29, 0.717) is 24.6 Å². The second-order valence-corrected chi connectivity index (χ2v) is 7.16. The summed E-state index contributed by atoms with van der Waals surface area (Å²) in [5.74, 6) is 2.24. The van der Waals surface area contributed by atoms with Crippen LogP contribution in [0.15, 0.2) is 28.6 Å². The van der Waals surface area contributed by atoms with E-state index in [2.05, 4.69) is 27.5 Å². The minimum atomic E-state index is 0.0102. The minimum Gasteiger partial charge on any atom is -0.493 e. The van der Waals surface area contributed by atoms with Gasteiger partial charge in [-0.3, -0.25) is 0 Å². The number of methoxy groups -OCH3 is 3. The number of nitrogens with zero attached hydrogens (tertiary/aromatic N) is 3. The lowest BCUT2D eigenvalue weighted by Crippen LogP contribution is -2.38. The van der Waals surface area contributed by atoms with Crippen molar-refractivity contribution < 1.29 is 14.2 Å². The first kappa shape index (κ1) is 22.0. The van der Waals surface area contributed by atoms with Crippen LogP contribution in [0.1, 0.15) is 36.2 Å². The molecule has 0 fully saturated rings. The zero-order valence-electron chi connectivity index (χ0n) is 17.5. The normalized spacial score (nSPS) is 12.6. The van der Waals surface area contributed by atoms with E-state index in [9.17, 15) is 0 Å². The van der Waals surface area contributed by atoms with Crippen LogP contribution in [-0.4, -0.2) is 50.8 Å². The predicted octanol–water partition coefficient (Wildman–Crippen LogP) is 3.47. The molecule has 8 heteroatoms. The van der Waals surface area contributed by atoms with Crippen LogP contribution < -0.4 is 14.8 Å². The lowest BCUT2D eigenvalue weighted by molar-refractivity contribution is 0.119. The largest absolute Gasteiger partial charge is 0.493 e. The number of nitrogens with one attached hydrogen (secondary N) is 1. The Bertz CT molecular complexity index is 779. The van der Waals surface area contributed by atoms with E-state index in [4.69, 9.17) is 19.2 Å². The second kappa shape index (κ2) is 10.9. The predicted molar refractivity (Wildman–Crippen MR) is 113 cm³/mol. The molecule has 2 aromatic rings.